The predicted octanol–water partition coefficient (Wildman–Crippen LogP) is 4.17. The number of hydrogen-bond acceptors (Lipinski definition) is 4. The van der Waals surface area contributed by atoms with Crippen LogP contribution in [0.4, 0.5) is 0 Å². The molecule has 5 rings (SSSR count). The van der Waals surface area contributed by atoms with Crippen LogP contribution in [0.3, 0.4) is 0 Å². The molecule has 2 fully saturated rings. The zero-order valence-corrected chi connectivity index (χ0v) is 19.8. The van der Waals surface area contributed by atoms with Crippen LogP contribution in [0.25, 0.3) is 11.3 Å². The van der Waals surface area contributed by atoms with Crippen molar-refractivity contribution in [3.8, 4) is 11.3 Å². The van der Waals surface area contributed by atoms with E-state index in [1.54, 1.807) is 0 Å². The SMILES string of the molecule is O=C(c1cn(Cc2ccccc2)nc1-c1ccccc1)N1CCC(CCN2CCOCC2)CC1. The molecule has 2 aliphatic heterocycles. The standard InChI is InChI=1S/C28H34N4O2/c33-28(31-15-12-23(13-16-31)11-14-30-17-19-34-20-18-30)26-22-32(21-24-7-3-1-4-8-24)29-27(26)25-9-5-2-6-10-25/h1-10,22-23H,11-21H2. The average molecular weight is 459 g/mol. The number of aromatic nitrogens is 2. The first-order chi connectivity index (χ1) is 16.8. The van der Waals surface area contributed by atoms with Crippen LogP contribution in [0.5, 0.6) is 0 Å². The van der Waals surface area contributed by atoms with Gasteiger partial charge in [-0.25, -0.2) is 0 Å². The molecule has 2 saturated heterocycles. The van der Waals surface area contributed by atoms with Crippen LogP contribution in [-0.2, 0) is 11.3 Å². The molecule has 34 heavy (non-hydrogen) atoms. The van der Waals surface area contributed by atoms with E-state index in [0.29, 0.717) is 18.0 Å². The number of likely N-dealkylation sites (tertiary alicyclic amines) is 1. The van der Waals surface area contributed by atoms with Gasteiger partial charge in [-0.15, -0.1) is 0 Å². The van der Waals surface area contributed by atoms with Gasteiger partial charge in [-0.05, 0) is 37.3 Å². The highest BCUT2D eigenvalue weighted by Gasteiger charge is 2.27. The van der Waals surface area contributed by atoms with Crippen molar-refractivity contribution >= 4 is 5.91 Å². The minimum atomic E-state index is 0.102. The number of ether oxygens (including phenoxy) is 1. The van der Waals surface area contributed by atoms with E-state index in [-0.39, 0.29) is 5.91 Å². The van der Waals surface area contributed by atoms with E-state index in [0.717, 1.165) is 70.0 Å². The molecular weight excluding hydrogens is 424 g/mol. The molecule has 0 aliphatic carbocycles. The summed E-state index contributed by atoms with van der Waals surface area (Å²) in [5, 5.41) is 4.84. The normalized spacial score (nSPS) is 17.7. The van der Waals surface area contributed by atoms with Gasteiger partial charge in [-0.3, -0.25) is 14.4 Å². The molecule has 0 bridgehead atoms. The highest BCUT2D eigenvalue weighted by Crippen LogP contribution is 2.27. The molecule has 6 heteroatoms. The van der Waals surface area contributed by atoms with Crippen molar-refractivity contribution in [2.75, 3.05) is 45.9 Å². The minimum absolute atomic E-state index is 0.102. The van der Waals surface area contributed by atoms with Gasteiger partial charge in [-0.1, -0.05) is 60.7 Å². The molecule has 2 aromatic carbocycles. The second kappa shape index (κ2) is 11.0. The topological polar surface area (TPSA) is 50.6 Å². The summed E-state index contributed by atoms with van der Waals surface area (Å²) in [5.74, 6) is 0.797. The van der Waals surface area contributed by atoms with Crippen LogP contribution >= 0.6 is 0 Å². The first-order valence-corrected chi connectivity index (χ1v) is 12.5. The van der Waals surface area contributed by atoms with Gasteiger partial charge < -0.3 is 9.64 Å². The number of amides is 1. The molecule has 0 N–H and O–H groups in total. The lowest BCUT2D eigenvalue weighted by Crippen LogP contribution is -2.40. The second-order valence-electron chi connectivity index (χ2n) is 9.42. The number of piperidine rings is 1. The van der Waals surface area contributed by atoms with Gasteiger partial charge in [0.1, 0.15) is 5.69 Å². The fraction of sp³-hybridized carbons (Fsp3) is 0.429. The molecule has 3 aromatic rings. The molecule has 0 unspecified atom stereocenters. The van der Waals surface area contributed by atoms with Crippen molar-refractivity contribution in [3.05, 3.63) is 78.0 Å². The third kappa shape index (κ3) is 5.57. The van der Waals surface area contributed by atoms with E-state index in [2.05, 4.69) is 17.0 Å². The summed E-state index contributed by atoms with van der Waals surface area (Å²) in [5.41, 5.74) is 3.63. The van der Waals surface area contributed by atoms with Crippen molar-refractivity contribution in [1.82, 2.24) is 19.6 Å². The van der Waals surface area contributed by atoms with Crippen molar-refractivity contribution < 1.29 is 9.53 Å². The molecule has 0 saturated carbocycles. The maximum Gasteiger partial charge on any atom is 0.257 e. The Labute approximate surface area is 202 Å². The highest BCUT2D eigenvalue weighted by molar-refractivity contribution is 5.99. The van der Waals surface area contributed by atoms with Crippen molar-refractivity contribution in [3.63, 3.8) is 0 Å². The van der Waals surface area contributed by atoms with E-state index >= 15 is 0 Å². The van der Waals surface area contributed by atoms with Gasteiger partial charge in [0.25, 0.3) is 5.91 Å². The number of hydrogen-bond donors (Lipinski definition) is 0. The van der Waals surface area contributed by atoms with Crippen LogP contribution in [0.2, 0.25) is 0 Å². The Hall–Kier alpha value is -2.96. The zero-order chi connectivity index (χ0) is 23.2. The Bertz CT molecular complexity index is 1050. The number of carbonyl (C=O) groups excluding carboxylic acids is 1. The van der Waals surface area contributed by atoms with Crippen molar-refractivity contribution in [2.24, 2.45) is 5.92 Å². The van der Waals surface area contributed by atoms with E-state index in [1.807, 2.05) is 64.3 Å². The Morgan fingerprint density at radius 1 is 0.912 bits per heavy atom. The molecule has 0 radical (unpaired) electrons. The lowest BCUT2D eigenvalue weighted by Gasteiger charge is -2.34. The number of morpholine rings is 1. The number of nitrogens with zero attached hydrogens (tertiary/aromatic N) is 4. The number of benzene rings is 2. The molecule has 1 amide bonds. The number of rotatable bonds is 7. The third-order valence-electron chi connectivity index (χ3n) is 7.09. The third-order valence-corrected chi connectivity index (χ3v) is 7.09. The lowest BCUT2D eigenvalue weighted by molar-refractivity contribution is 0.0332. The molecular formula is C28H34N4O2. The largest absolute Gasteiger partial charge is 0.379 e. The number of carbonyl (C=O) groups is 1. The van der Waals surface area contributed by atoms with Gasteiger partial charge in [0.15, 0.2) is 0 Å². The van der Waals surface area contributed by atoms with Crippen LogP contribution in [-0.4, -0.2) is 71.4 Å². The lowest BCUT2D eigenvalue weighted by atomic mass is 9.92. The smallest absolute Gasteiger partial charge is 0.257 e. The first kappa shape index (κ1) is 22.8. The van der Waals surface area contributed by atoms with Crippen molar-refractivity contribution in [1.29, 1.82) is 0 Å². The van der Waals surface area contributed by atoms with Gasteiger partial charge in [0, 0.05) is 37.9 Å². The van der Waals surface area contributed by atoms with Crippen LogP contribution in [0.15, 0.2) is 66.9 Å². The molecule has 178 valence electrons. The summed E-state index contributed by atoms with van der Waals surface area (Å²) in [6, 6.07) is 20.3. The van der Waals surface area contributed by atoms with Gasteiger partial charge in [-0.2, -0.15) is 5.10 Å². The Morgan fingerprint density at radius 3 is 2.29 bits per heavy atom. The quantitative estimate of drug-likeness (QED) is 0.533. The summed E-state index contributed by atoms with van der Waals surface area (Å²) in [7, 11) is 0. The minimum Gasteiger partial charge on any atom is -0.379 e. The average Bonchev–Trinajstić information content (AvgIpc) is 3.33. The monoisotopic (exact) mass is 458 g/mol. The molecule has 1 aromatic heterocycles. The molecule has 0 spiro atoms. The summed E-state index contributed by atoms with van der Waals surface area (Å²) in [6.07, 6.45) is 5.30. The van der Waals surface area contributed by atoms with Crippen molar-refractivity contribution in [2.45, 2.75) is 25.8 Å². The molecule has 3 heterocycles. The van der Waals surface area contributed by atoms with E-state index in [9.17, 15) is 4.79 Å². The van der Waals surface area contributed by atoms with Crippen LogP contribution < -0.4 is 0 Å². The van der Waals surface area contributed by atoms with Crippen LogP contribution in [0, 0.1) is 5.92 Å². The summed E-state index contributed by atoms with van der Waals surface area (Å²) in [4.78, 5) is 18.2. The second-order valence-corrected chi connectivity index (χ2v) is 9.42. The van der Waals surface area contributed by atoms with Gasteiger partial charge in [0.2, 0.25) is 0 Å². The van der Waals surface area contributed by atoms with E-state index in [4.69, 9.17) is 9.84 Å². The Kier molecular flexibility index (Phi) is 7.37. The summed E-state index contributed by atoms with van der Waals surface area (Å²) < 4.78 is 7.36. The fourth-order valence-electron chi connectivity index (χ4n) is 5.02. The van der Waals surface area contributed by atoms with Gasteiger partial charge in [0.05, 0.1) is 25.3 Å². The Morgan fingerprint density at radius 2 is 1.59 bits per heavy atom. The highest BCUT2D eigenvalue weighted by atomic mass is 16.5. The van der Waals surface area contributed by atoms with E-state index in [1.165, 1.54) is 12.0 Å². The molecule has 0 atom stereocenters. The maximum absolute atomic E-state index is 13.6. The Balaban J connectivity index is 1.26. The van der Waals surface area contributed by atoms with E-state index < -0.39 is 0 Å². The first-order valence-electron chi connectivity index (χ1n) is 12.5. The molecule has 2 aliphatic rings. The fourth-order valence-corrected chi connectivity index (χ4v) is 5.02. The summed E-state index contributed by atoms with van der Waals surface area (Å²) >= 11 is 0. The van der Waals surface area contributed by atoms with Crippen LogP contribution in [0.1, 0.15) is 35.2 Å². The predicted molar refractivity (Wildman–Crippen MR) is 134 cm³/mol. The van der Waals surface area contributed by atoms with Gasteiger partial charge >= 0.3 is 0 Å². The molecule has 6 nitrogen and oxygen atoms in total. The summed E-state index contributed by atoms with van der Waals surface area (Å²) in [6.45, 7) is 7.25. The maximum atomic E-state index is 13.6. The zero-order valence-electron chi connectivity index (χ0n) is 19.8.